The van der Waals surface area contributed by atoms with E-state index >= 15 is 0 Å². The number of nitrogen functional groups attached to an aromatic ring is 1. The zero-order valence-electron chi connectivity index (χ0n) is 9.47. The molecular formula is C11H9F2N3O2S. The van der Waals surface area contributed by atoms with Gasteiger partial charge in [-0.1, -0.05) is 0 Å². The van der Waals surface area contributed by atoms with Crippen LogP contribution in [-0.2, 0) is 10.0 Å². The van der Waals surface area contributed by atoms with Crippen LogP contribution in [0.5, 0.6) is 0 Å². The molecule has 0 bridgehead atoms. The molecule has 19 heavy (non-hydrogen) atoms. The fourth-order valence-corrected chi connectivity index (χ4v) is 2.45. The van der Waals surface area contributed by atoms with Gasteiger partial charge in [0.2, 0.25) is 5.03 Å². The van der Waals surface area contributed by atoms with Crippen LogP contribution in [0.2, 0.25) is 0 Å². The Hall–Kier alpha value is -2.22. The maximum atomic E-state index is 13.5. The summed E-state index contributed by atoms with van der Waals surface area (Å²) in [7, 11) is -4.30. The quantitative estimate of drug-likeness (QED) is 0.841. The Morgan fingerprint density at radius 1 is 1.16 bits per heavy atom. The minimum absolute atomic E-state index is 0.143. The molecule has 0 spiro atoms. The lowest BCUT2D eigenvalue weighted by atomic mass is 10.3. The highest BCUT2D eigenvalue weighted by Gasteiger charge is 2.21. The summed E-state index contributed by atoms with van der Waals surface area (Å²) in [5, 5.41) is -0.800. The van der Waals surface area contributed by atoms with Gasteiger partial charge in [-0.25, -0.2) is 13.8 Å². The van der Waals surface area contributed by atoms with Crippen molar-refractivity contribution in [2.75, 3.05) is 10.5 Å². The minimum atomic E-state index is -4.30. The largest absolute Gasteiger partial charge is 0.399 e. The summed E-state index contributed by atoms with van der Waals surface area (Å²) in [6.45, 7) is 0. The van der Waals surface area contributed by atoms with E-state index in [2.05, 4.69) is 4.98 Å². The average molecular weight is 285 g/mol. The topological polar surface area (TPSA) is 85.1 Å². The summed E-state index contributed by atoms with van der Waals surface area (Å²) in [4.78, 5) is 3.42. The van der Waals surface area contributed by atoms with Crippen LogP contribution in [0.1, 0.15) is 0 Å². The van der Waals surface area contributed by atoms with Gasteiger partial charge in [-0.2, -0.15) is 8.42 Å². The van der Waals surface area contributed by atoms with Gasteiger partial charge in [0.1, 0.15) is 5.82 Å². The number of halogens is 2. The third-order valence-corrected chi connectivity index (χ3v) is 3.51. The molecule has 0 fully saturated rings. The Morgan fingerprint density at radius 3 is 2.53 bits per heavy atom. The molecular weight excluding hydrogens is 276 g/mol. The molecule has 8 heteroatoms. The highest BCUT2D eigenvalue weighted by molar-refractivity contribution is 7.92. The first kappa shape index (κ1) is 13.2. The standard InChI is InChI=1S/C11H9F2N3O2S/c12-8-2-1-5-15-11(8)19(17,18)16-10-4-3-7(14)6-9(10)13/h1-6,16H,14H2. The van der Waals surface area contributed by atoms with Crippen LogP contribution in [0.3, 0.4) is 0 Å². The van der Waals surface area contributed by atoms with E-state index in [1.165, 1.54) is 12.1 Å². The van der Waals surface area contributed by atoms with E-state index in [1.54, 1.807) is 0 Å². The third kappa shape index (κ3) is 2.79. The van der Waals surface area contributed by atoms with Crippen molar-refractivity contribution in [3.8, 4) is 0 Å². The van der Waals surface area contributed by atoms with E-state index in [4.69, 9.17) is 5.73 Å². The summed E-state index contributed by atoms with van der Waals surface area (Å²) in [5.41, 5.74) is 5.15. The highest BCUT2D eigenvalue weighted by Crippen LogP contribution is 2.21. The van der Waals surface area contributed by atoms with Gasteiger partial charge >= 0.3 is 0 Å². The van der Waals surface area contributed by atoms with E-state index < -0.39 is 26.7 Å². The van der Waals surface area contributed by atoms with Gasteiger partial charge in [0, 0.05) is 11.9 Å². The first-order valence-corrected chi connectivity index (χ1v) is 6.57. The fourth-order valence-electron chi connectivity index (χ4n) is 1.38. The van der Waals surface area contributed by atoms with Gasteiger partial charge in [-0.15, -0.1) is 0 Å². The van der Waals surface area contributed by atoms with Crippen molar-refractivity contribution in [2.45, 2.75) is 5.03 Å². The van der Waals surface area contributed by atoms with Crippen LogP contribution in [0.15, 0.2) is 41.6 Å². The molecule has 0 aliphatic heterocycles. The summed E-state index contributed by atoms with van der Waals surface area (Å²) in [5.74, 6) is -1.88. The van der Waals surface area contributed by atoms with Gasteiger partial charge in [0.25, 0.3) is 10.0 Å². The van der Waals surface area contributed by atoms with Crippen LogP contribution in [0.25, 0.3) is 0 Å². The lowest BCUT2D eigenvalue weighted by molar-refractivity contribution is 0.556. The number of anilines is 2. The Morgan fingerprint density at radius 2 is 1.89 bits per heavy atom. The third-order valence-electron chi connectivity index (χ3n) is 2.22. The second-order valence-electron chi connectivity index (χ2n) is 3.64. The number of nitrogens with two attached hydrogens (primary N) is 1. The summed E-state index contributed by atoms with van der Waals surface area (Å²) < 4.78 is 52.4. The molecule has 0 saturated heterocycles. The Kier molecular flexibility index (Phi) is 3.34. The maximum absolute atomic E-state index is 13.5. The van der Waals surface area contributed by atoms with Crippen molar-refractivity contribution in [3.05, 3.63) is 48.2 Å². The molecule has 5 nitrogen and oxygen atoms in total. The molecule has 2 aromatic rings. The number of rotatable bonds is 3. The van der Waals surface area contributed by atoms with Crippen LogP contribution in [0.4, 0.5) is 20.2 Å². The molecule has 2 rings (SSSR count). The minimum Gasteiger partial charge on any atom is -0.399 e. The molecule has 0 aliphatic carbocycles. The normalized spacial score (nSPS) is 11.3. The zero-order valence-corrected chi connectivity index (χ0v) is 10.3. The molecule has 0 unspecified atom stereocenters. The van der Waals surface area contributed by atoms with Gasteiger partial charge in [0.05, 0.1) is 5.69 Å². The van der Waals surface area contributed by atoms with E-state index in [9.17, 15) is 17.2 Å². The second kappa shape index (κ2) is 4.81. The number of benzene rings is 1. The average Bonchev–Trinajstić information content (AvgIpc) is 2.33. The Balaban J connectivity index is 2.40. The number of nitrogens with one attached hydrogen (secondary N) is 1. The number of pyridine rings is 1. The molecule has 1 aromatic heterocycles. The monoisotopic (exact) mass is 285 g/mol. The number of nitrogens with zero attached hydrogens (tertiary/aromatic N) is 1. The van der Waals surface area contributed by atoms with Gasteiger partial charge in [-0.05, 0) is 30.3 Å². The van der Waals surface area contributed by atoms with Crippen LogP contribution in [-0.4, -0.2) is 13.4 Å². The number of hydrogen-bond acceptors (Lipinski definition) is 4. The molecule has 0 radical (unpaired) electrons. The lowest BCUT2D eigenvalue weighted by Gasteiger charge is -2.09. The molecule has 3 N–H and O–H groups in total. The van der Waals surface area contributed by atoms with Crippen molar-refractivity contribution in [2.24, 2.45) is 0 Å². The van der Waals surface area contributed by atoms with Crippen LogP contribution in [0, 0.1) is 11.6 Å². The van der Waals surface area contributed by atoms with Crippen molar-refractivity contribution < 1.29 is 17.2 Å². The summed E-state index contributed by atoms with van der Waals surface area (Å²) in [6.07, 6.45) is 1.12. The molecule has 1 aromatic carbocycles. The van der Waals surface area contributed by atoms with Gasteiger partial charge in [-0.3, -0.25) is 4.72 Å². The highest BCUT2D eigenvalue weighted by atomic mass is 32.2. The number of sulfonamides is 1. The molecule has 0 amide bonds. The zero-order chi connectivity index (χ0) is 14.0. The van der Waals surface area contributed by atoms with Gasteiger partial charge in [0.15, 0.2) is 5.82 Å². The summed E-state index contributed by atoms with van der Waals surface area (Å²) in [6, 6.07) is 5.60. The van der Waals surface area contributed by atoms with E-state index in [-0.39, 0.29) is 11.4 Å². The molecule has 0 aliphatic rings. The van der Waals surface area contributed by atoms with E-state index in [0.717, 1.165) is 24.4 Å². The molecule has 100 valence electrons. The second-order valence-corrected chi connectivity index (χ2v) is 5.23. The van der Waals surface area contributed by atoms with Crippen LogP contribution < -0.4 is 10.5 Å². The molecule has 0 saturated carbocycles. The van der Waals surface area contributed by atoms with E-state index in [0.29, 0.717) is 0 Å². The maximum Gasteiger partial charge on any atom is 0.282 e. The van der Waals surface area contributed by atoms with Gasteiger partial charge < -0.3 is 5.73 Å². The first-order valence-electron chi connectivity index (χ1n) is 5.08. The Labute approximate surface area is 108 Å². The number of aromatic nitrogens is 1. The van der Waals surface area contributed by atoms with Crippen molar-refractivity contribution in [3.63, 3.8) is 0 Å². The smallest absolute Gasteiger partial charge is 0.282 e. The lowest BCUT2D eigenvalue weighted by Crippen LogP contribution is -2.17. The first-order chi connectivity index (χ1) is 8.90. The van der Waals surface area contributed by atoms with Crippen LogP contribution >= 0.6 is 0 Å². The predicted molar refractivity (Wildman–Crippen MR) is 65.8 cm³/mol. The fraction of sp³-hybridized carbons (Fsp3) is 0. The summed E-state index contributed by atoms with van der Waals surface area (Å²) >= 11 is 0. The number of hydrogen-bond donors (Lipinski definition) is 2. The SMILES string of the molecule is Nc1ccc(NS(=O)(=O)c2ncccc2F)c(F)c1. The van der Waals surface area contributed by atoms with Crippen molar-refractivity contribution in [1.29, 1.82) is 0 Å². The molecule has 1 heterocycles. The predicted octanol–water partition coefficient (Wildman–Crippen LogP) is 1.74. The van der Waals surface area contributed by atoms with Crippen molar-refractivity contribution in [1.82, 2.24) is 4.98 Å². The Bertz CT molecular complexity index is 720. The van der Waals surface area contributed by atoms with E-state index in [1.807, 2.05) is 4.72 Å². The molecule has 0 atom stereocenters. The van der Waals surface area contributed by atoms with Crippen molar-refractivity contribution >= 4 is 21.4 Å².